The van der Waals surface area contributed by atoms with Gasteiger partial charge in [-0.1, -0.05) is 0 Å². The maximum Gasteiger partial charge on any atom is 0.244 e. The molecule has 7 heteroatoms. The number of aromatic amines is 1. The van der Waals surface area contributed by atoms with Crippen LogP contribution in [-0.4, -0.2) is 54.7 Å². The summed E-state index contributed by atoms with van der Waals surface area (Å²) < 4.78 is 31.3. The average molecular weight is 260 g/mol. The molecule has 0 saturated carbocycles. The Morgan fingerprint density at radius 3 is 3.00 bits per heavy atom. The highest BCUT2D eigenvalue weighted by molar-refractivity contribution is 7.89. The second-order valence-electron chi connectivity index (χ2n) is 4.11. The first-order valence-electron chi connectivity index (χ1n) is 5.43. The molecule has 2 atom stereocenters. The Hall–Kier alpha value is -0.890. The SMILES string of the molecule is CC1COC(CO)CN1S(=O)(=O)c1cc[nH]c1. The fourth-order valence-electron chi connectivity index (χ4n) is 1.84. The van der Waals surface area contributed by atoms with Crippen LogP contribution < -0.4 is 0 Å². The Morgan fingerprint density at radius 2 is 2.41 bits per heavy atom. The summed E-state index contributed by atoms with van der Waals surface area (Å²) in [6.45, 7) is 2.10. The smallest absolute Gasteiger partial charge is 0.244 e. The molecule has 2 unspecified atom stereocenters. The van der Waals surface area contributed by atoms with Gasteiger partial charge in [-0.3, -0.25) is 0 Å². The Bertz CT molecular complexity index is 457. The zero-order valence-corrected chi connectivity index (χ0v) is 10.4. The van der Waals surface area contributed by atoms with E-state index < -0.39 is 16.1 Å². The van der Waals surface area contributed by atoms with E-state index in [2.05, 4.69) is 4.98 Å². The van der Waals surface area contributed by atoms with Crippen molar-refractivity contribution in [3.05, 3.63) is 18.5 Å². The van der Waals surface area contributed by atoms with Gasteiger partial charge in [-0.15, -0.1) is 0 Å². The van der Waals surface area contributed by atoms with Gasteiger partial charge in [-0.2, -0.15) is 4.31 Å². The van der Waals surface area contributed by atoms with Crippen LogP contribution in [0.4, 0.5) is 0 Å². The van der Waals surface area contributed by atoms with Crippen LogP contribution in [0.25, 0.3) is 0 Å². The standard InChI is InChI=1S/C10H16N2O4S/c1-8-7-16-9(6-13)5-12(8)17(14,15)10-2-3-11-4-10/h2-4,8-9,11,13H,5-7H2,1H3. The minimum absolute atomic E-state index is 0.175. The van der Waals surface area contributed by atoms with Crippen molar-refractivity contribution < 1.29 is 18.3 Å². The Balaban J connectivity index is 2.26. The lowest BCUT2D eigenvalue weighted by atomic mass is 10.2. The molecule has 2 heterocycles. The van der Waals surface area contributed by atoms with Crippen molar-refractivity contribution in [2.45, 2.75) is 24.0 Å². The maximum atomic E-state index is 12.3. The molecule has 0 amide bonds. The number of aromatic nitrogens is 1. The molecule has 17 heavy (non-hydrogen) atoms. The van der Waals surface area contributed by atoms with Gasteiger partial charge in [0.2, 0.25) is 10.0 Å². The third kappa shape index (κ3) is 2.37. The molecule has 1 fully saturated rings. The van der Waals surface area contributed by atoms with Crippen molar-refractivity contribution >= 4 is 10.0 Å². The third-order valence-corrected chi connectivity index (χ3v) is 4.80. The fourth-order valence-corrected chi connectivity index (χ4v) is 3.47. The van der Waals surface area contributed by atoms with Crippen molar-refractivity contribution in [1.29, 1.82) is 0 Å². The number of hydrogen-bond donors (Lipinski definition) is 2. The maximum absolute atomic E-state index is 12.3. The first-order valence-corrected chi connectivity index (χ1v) is 6.87. The second kappa shape index (κ2) is 4.77. The van der Waals surface area contributed by atoms with Crippen LogP contribution in [0.3, 0.4) is 0 Å². The summed E-state index contributed by atoms with van der Waals surface area (Å²) in [6.07, 6.45) is 2.58. The van der Waals surface area contributed by atoms with Crippen molar-refractivity contribution in [3.63, 3.8) is 0 Å². The molecule has 0 radical (unpaired) electrons. The number of sulfonamides is 1. The number of morpholine rings is 1. The first kappa shape index (κ1) is 12.6. The number of H-pyrrole nitrogens is 1. The van der Waals surface area contributed by atoms with Crippen LogP contribution in [0, 0.1) is 0 Å². The molecule has 1 aromatic heterocycles. The molecule has 0 aromatic carbocycles. The molecular weight excluding hydrogens is 244 g/mol. The number of nitrogens with one attached hydrogen (secondary N) is 1. The van der Waals surface area contributed by atoms with E-state index in [1.54, 1.807) is 13.1 Å². The zero-order valence-electron chi connectivity index (χ0n) is 9.54. The summed E-state index contributed by atoms with van der Waals surface area (Å²) in [4.78, 5) is 2.97. The van der Waals surface area contributed by atoms with Crippen LogP contribution in [-0.2, 0) is 14.8 Å². The Kier molecular flexibility index (Phi) is 3.53. The molecule has 0 spiro atoms. The average Bonchev–Trinajstić information content (AvgIpc) is 2.83. The van der Waals surface area contributed by atoms with Crippen LogP contribution in [0.1, 0.15) is 6.92 Å². The number of aliphatic hydroxyl groups excluding tert-OH is 1. The summed E-state index contributed by atoms with van der Waals surface area (Å²) in [5, 5.41) is 9.04. The van der Waals surface area contributed by atoms with Gasteiger partial charge in [0.15, 0.2) is 0 Å². The number of aliphatic hydroxyl groups is 1. The number of nitrogens with zero attached hydrogens (tertiary/aromatic N) is 1. The van der Waals surface area contributed by atoms with Gasteiger partial charge in [-0.25, -0.2) is 8.42 Å². The van der Waals surface area contributed by atoms with Gasteiger partial charge in [-0.05, 0) is 13.0 Å². The van der Waals surface area contributed by atoms with Crippen LogP contribution in [0.5, 0.6) is 0 Å². The van der Waals surface area contributed by atoms with E-state index in [1.807, 2.05) is 0 Å². The highest BCUT2D eigenvalue weighted by atomic mass is 32.2. The van der Waals surface area contributed by atoms with Crippen molar-refractivity contribution in [2.24, 2.45) is 0 Å². The van der Waals surface area contributed by atoms with Gasteiger partial charge in [0.25, 0.3) is 0 Å². The predicted octanol–water partition coefficient (Wildman–Crippen LogP) is -0.215. The van der Waals surface area contributed by atoms with E-state index in [0.717, 1.165) is 0 Å². The summed E-state index contributed by atoms with van der Waals surface area (Å²) in [5.41, 5.74) is 0. The minimum Gasteiger partial charge on any atom is -0.394 e. The summed E-state index contributed by atoms with van der Waals surface area (Å²) in [7, 11) is -3.50. The van der Waals surface area contributed by atoms with Crippen LogP contribution in [0.15, 0.2) is 23.4 Å². The van der Waals surface area contributed by atoms with Gasteiger partial charge in [0.1, 0.15) is 0 Å². The lowest BCUT2D eigenvalue weighted by molar-refractivity contribution is -0.0516. The molecule has 1 aliphatic rings. The third-order valence-electron chi connectivity index (χ3n) is 2.83. The van der Waals surface area contributed by atoms with E-state index in [-0.39, 0.29) is 24.1 Å². The predicted molar refractivity (Wildman–Crippen MR) is 61.0 cm³/mol. The largest absolute Gasteiger partial charge is 0.394 e. The lowest BCUT2D eigenvalue weighted by Crippen LogP contribution is -2.51. The Morgan fingerprint density at radius 1 is 1.65 bits per heavy atom. The highest BCUT2D eigenvalue weighted by Gasteiger charge is 2.35. The van der Waals surface area contributed by atoms with Crippen molar-refractivity contribution in [1.82, 2.24) is 9.29 Å². The molecule has 6 nitrogen and oxygen atoms in total. The van der Waals surface area contributed by atoms with Gasteiger partial charge >= 0.3 is 0 Å². The molecule has 1 aliphatic heterocycles. The second-order valence-corrected chi connectivity index (χ2v) is 6.00. The fraction of sp³-hybridized carbons (Fsp3) is 0.600. The van der Waals surface area contributed by atoms with E-state index in [9.17, 15) is 8.42 Å². The molecule has 0 aliphatic carbocycles. The minimum atomic E-state index is -3.50. The molecule has 2 rings (SSSR count). The van der Waals surface area contributed by atoms with Gasteiger partial charge < -0.3 is 14.8 Å². The quantitative estimate of drug-likeness (QED) is 0.787. The summed E-state index contributed by atoms with van der Waals surface area (Å²) in [5.74, 6) is 0. The topological polar surface area (TPSA) is 82.6 Å². The molecular formula is C10H16N2O4S. The van der Waals surface area contributed by atoms with Gasteiger partial charge in [0, 0.05) is 25.0 Å². The summed E-state index contributed by atoms with van der Waals surface area (Å²) >= 11 is 0. The molecule has 96 valence electrons. The molecule has 0 bridgehead atoms. The lowest BCUT2D eigenvalue weighted by Gasteiger charge is -2.36. The number of rotatable bonds is 3. The van der Waals surface area contributed by atoms with E-state index in [4.69, 9.17) is 9.84 Å². The number of hydrogen-bond acceptors (Lipinski definition) is 4. The van der Waals surface area contributed by atoms with Crippen LogP contribution >= 0.6 is 0 Å². The number of ether oxygens (including phenoxy) is 1. The van der Waals surface area contributed by atoms with E-state index in [0.29, 0.717) is 6.61 Å². The van der Waals surface area contributed by atoms with Crippen molar-refractivity contribution in [3.8, 4) is 0 Å². The first-order chi connectivity index (χ1) is 8.05. The van der Waals surface area contributed by atoms with Crippen molar-refractivity contribution in [2.75, 3.05) is 19.8 Å². The molecule has 1 aromatic rings. The molecule has 2 N–H and O–H groups in total. The zero-order chi connectivity index (χ0) is 12.5. The van der Waals surface area contributed by atoms with E-state index in [1.165, 1.54) is 16.6 Å². The summed E-state index contributed by atoms with van der Waals surface area (Å²) in [6, 6.07) is 1.29. The van der Waals surface area contributed by atoms with E-state index >= 15 is 0 Å². The van der Waals surface area contributed by atoms with Crippen LogP contribution in [0.2, 0.25) is 0 Å². The molecule has 1 saturated heterocycles. The normalized spacial score (nSPS) is 27.2. The van der Waals surface area contributed by atoms with Gasteiger partial charge in [0.05, 0.1) is 24.2 Å². The Labute approximate surface area is 100 Å². The monoisotopic (exact) mass is 260 g/mol. The highest BCUT2D eigenvalue weighted by Crippen LogP contribution is 2.21.